The summed E-state index contributed by atoms with van der Waals surface area (Å²) in [6, 6.07) is 9.93. The van der Waals surface area contributed by atoms with Gasteiger partial charge in [-0.1, -0.05) is 39.0 Å². The number of carbonyl (C=O) groups excluding carboxylic acids is 1. The molecule has 0 bridgehead atoms. The lowest BCUT2D eigenvalue weighted by molar-refractivity contribution is -0.120. The van der Waals surface area contributed by atoms with Crippen LogP contribution in [0.25, 0.3) is 10.9 Å². The summed E-state index contributed by atoms with van der Waals surface area (Å²) in [6.07, 6.45) is 3.93. The molecule has 0 N–H and O–H groups in total. The smallest absolute Gasteiger partial charge is 0.141 e. The van der Waals surface area contributed by atoms with E-state index in [-0.39, 0.29) is 11.7 Å². The summed E-state index contributed by atoms with van der Waals surface area (Å²) in [7, 11) is 0. The lowest BCUT2D eigenvalue weighted by Crippen LogP contribution is -2.22. The molecule has 0 spiro atoms. The van der Waals surface area contributed by atoms with Crippen LogP contribution in [0.5, 0.6) is 0 Å². The Bertz CT molecular complexity index is 656. The first-order valence-corrected chi connectivity index (χ1v) is 7.65. The fourth-order valence-corrected chi connectivity index (χ4v) is 2.63. The van der Waals surface area contributed by atoms with E-state index in [1.54, 1.807) is 6.20 Å². The molecule has 3 heteroatoms. The van der Waals surface area contributed by atoms with Gasteiger partial charge in [-0.3, -0.25) is 14.8 Å². The number of fused-ring (bicyclic) bond motifs is 1. The van der Waals surface area contributed by atoms with Crippen LogP contribution in [0.3, 0.4) is 0 Å². The maximum atomic E-state index is 12.1. The summed E-state index contributed by atoms with van der Waals surface area (Å²) in [5, 5.41) is 1.07. The largest absolute Gasteiger partial charge is 0.299 e. The summed E-state index contributed by atoms with van der Waals surface area (Å²) < 4.78 is 0. The highest BCUT2D eigenvalue weighted by atomic mass is 16.1. The van der Waals surface area contributed by atoms with Crippen LogP contribution in [-0.4, -0.2) is 16.5 Å². The molecule has 1 aromatic carbocycles. The lowest BCUT2D eigenvalue weighted by atomic mass is 9.92. The zero-order valence-electron chi connectivity index (χ0n) is 13.0. The monoisotopic (exact) mass is 282 g/mol. The van der Waals surface area contributed by atoms with Gasteiger partial charge in [-0.2, -0.15) is 0 Å². The minimum absolute atomic E-state index is 0.0704. The van der Waals surface area contributed by atoms with Crippen molar-refractivity contribution in [3.05, 3.63) is 36.5 Å². The van der Waals surface area contributed by atoms with Gasteiger partial charge in [-0.05, 0) is 25.0 Å². The van der Waals surface area contributed by atoms with Crippen LogP contribution in [0, 0.1) is 5.92 Å². The molecule has 21 heavy (non-hydrogen) atoms. The topological polar surface area (TPSA) is 42.3 Å². The number of para-hydroxylation sites is 1. The number of hydrogen-bond acceptors (Lipinski definition) is 3. The Labute approximate surface area is 126 Å². The van der Waals surface area contributed by atoms with Crippen molar-refractivity contribution in [2.75, 3.05) is 0 Å². The fraction of sp³-hybridized carbons (Fsp3) is 0.389. The molecule has 2 rings (SSSR count). The van der Waals surface area contributed by atoms with Gasteiger partial charge in [0.2, 0.25) is 0 Å². The second-order valence-corrected chi connectivity index (χ2v) is 5.09. The Kier molecular flexibility index (Phi) is 5.20. The van der Waals surface area contributed by atoms with E-state index in [9.17, 15) is 4.79 Å². The standard InChI is InChI=1S/C18H22N2O/c1-4-14(17(21)6-3)15(5-2)20-16-11-7-9-13-10-8-12-19-18(13)16/h7-12,14H,4-6H2,1-3H3. The van der Waals surface area contributed by atoms with Crippen molar-refractivity contribution >= 4 is 28.1 Å². The van der Waals surface area contributed by atoms with Gasteiger partial charge in [0, 0.05) is 23.7 Å². The molecule has 2 aromatic rings. The number of rotatable bonds is 6. The molecule has 0 saturated carbocycles. The molecule has 3 nitrogen and oxygen atoms in total. The van der Waals surface area contributed by atoms with E-state index in [0.717, 1.165) is 35.1 Å². The zero-order valence-corrected chi connectivity index (χ0v) is 13.0. The van der Waals surface area contributed by atoms with Crippen LogP contribution in [0.15, 0.2) is 41.5 Å². The van der Waals surface area contributed by atoms with Crippen LogP contribution in [0.4, 0.5) is 5.69 Å². The number of aliphatic imine (C=N–C) groups is 1. The molecule has 0 aliphatic heterocycles. The van der Waals surface area contributed by atoms with Gasteiger partial charge in [0.1, 0.15) is 5.78 Å². The first-order chi connectivity index (χ1) is 10.2. The molecule has 0 aliphatic carbocycles. The lowest BCUT2D eigenvalue weighted by Gasteiger charge is -2.15. The molecule has 0 amide bonds. The van der Waals surface area contributed by atoms with Gasteiger partial charge in [0.15, 0.2) is 0 Å². The fourth-order valence-electron chi connectivity index (χ4n) is 2.63. The maximum Gasteiger partial charge on any atom is 0.141 e. The van der Waals surface area contributed by atoms with Gasteiger partial charge in [-0.25, -0.2) is 0 Å². The Hall–Kier alpha value is -2.03. The molecular formula is C18H22N2O. The number of carbonyl (C=O) groups is 1. The first kappa shape index (κ1) is 15.4. The molecule has 110 valence electrons. The average Bonchev–Trinajstić information content (AvgIpc) is 2.54. The Morgan fingerprint density at radius 3 is 2.57 bits per heavy atom. The van der Waals surface area contributed by atoms with E-state index in [1.165, 1.54) is 0 Å². The average molecular weight is 282 g/mol. The highest BCUT2D eigenvalue weighted by Crippen LogP contribution is 2.25. The van der Waals surface area contributed by atoms with Crippen molar-refractivity contribution in [1.29, 1.82) is 0 Å². The number of aromatic nitrogens is 1. The Balaban J connectivity index is 2.49. The zero-order chi connectivity index (χ0) is 15.2. The molecule has 1 atom stereocenters. The van der Waals surface area contributed by atoms with E-state index in [4.69, 9.17) is 4.99 Å². The molecule has 1 aromatic heterocycles. The van der Waals surface area contributed by atoms with Gasteiger partial charge in [0.05, 0.1) is 17.1 Å². The first-order valence-electron chi connectivity index (χ1n) is 7.65. The molecule has 0 fully saturated rings. The molecule has 1 unspecified atom stereocenters. The van der Waals surface area contributed by atoms with E-state index in [2.05, 4.69) is 11.9 Å². The summed E-state index contributed by atoms with van der Waals surface area (Å²) >= 11 is 0. The third kappa shape index (κ3) is 3.35. The molecule has 0 saturated heterocycles. The second-order valence-electron chi connectivity index (χ2n) is 5.09. The number of pyridine rings is 1. The minimum atomic E-state index is -0.0704. The van der Waals surface area contributed by atoms with Crippen molar-refractivity contribution in [2.45, 2.75) is 40.0 Å². The second kappa shape index (κ2) is 7.11. The summed E-state index contributed by atoms with van der Waals surface area (Å²) in [5.41, 5.74) is 2.71. The van der Waals surface area contributed by atoms with Gasteiger partial charge < -0.3 is 0 Å². The minimum Gasteiger partial charge on any atom is -0.299 e. The summed E-state index contributed by atoms with van der Waals surface area (Å²) in [5.74, 6) is 0.199. The molecule has 1 heterocycles. The van der Waals surface area contributed by atoms with Crippen molar-refractivity contribution in [1.82, 2.24) is 4.98 Å². The van der Waals surface area contributed by atoms with Crippen LogP contribution in [-0.2, 0) is 4.79 Å². The van der Waals surface area contributed by atoms with Crippen LogP contribution in [0.1, 0.15) is 40.0 Å². The van der Waals surface area contributed by atoms with E-state index in [0.29, 0.717) is 6.42 Å². The molecular weight excluding hydrogens is 260 g/mol. The highest BCUT2D eigenvalue weighted by molar-refractivity contribution is 6.06. The van der Waals surface area contributed by atoms with Gasteiger partial charge >= 0.3 is 0 Å². The van der Waals surface area contributed by atoms with Crippen molar-refractivity contribution < 1.29 is 4.79 Å². The van der Waals surface area contributed by atoms with Crippen molar-refractivity contribution in [3.63, 3.8) is 0 Å². The summed E-state index contributed by atoms with van der Waals surface area (Å²) in [6.45, 7) is 6.02. The number of nitrogens with zero attached hydrogens (tertiary/aromatic N) is 2. The SMILES string of the molecule is CCC(=O)C(CC)C(CC)=Nc1cccc2cccnc12. The number of ketones is 1. The van der Waals surface area contributed by atoms with Crippen LogP contribution < -0.4 is 0 Å². The van der Waals surface area contributed by atoms with E-state index in [1.807, 2.05) is 44.2 Å². The Morgan fingerprint density at radius 1 is 1.14 bits per heavy atom. The predicted octanol–water partition coefficient (Wildman–Crippen LogP) is 4.72. The number of Topliss-reactive ketones (excluding diaryl/α,β-unsaturated/α-hetero) is 1. The van der Waals surface area contributed by atoms with Gasteiger partial charge in [-0.15, -0.1) is 0 Å². The van der Waals surface area contributed by atoms with E-state index < -0.39 is 0 Å². The van der Waals surface area contributed by atoms with Crippen molar-refractivity contribution in [2.24, 2.45) is 10.9 Å². The number of hydrogen-bond donors (Lipinski definition) is 0. The van der Waals surface area contributed by atoms with Crippen molar-refractivity contribution in [3.8, 4) is 0 Å². The van der Waals surface area contributed by atoms with Gasteiger partial charge in [0.25, 0.3) is 0 Å². The van der Waals surface area contributed by atoms with Crippen LogP contribution >= 0.6 is 0 Å². The predicted molar refractivity (Wildman–Crippen MR) is 88.2 cm³/mol. The highest BCUT2D eigenvalue weighted by Gasteiger charge is 2.20. The Morgan fingerprint density at radius 2 is 1.90 bits per heavy atom. The third-order valence-electron chi connectivity index (χ3n) is 3.79. The third-order valence-corrected chi connectivity index (χ3v) is 3.79. The number of benzene rings is 1. The molecule has 0 radical (unpaired) electrons. The summed E-state index contributed by atoms with van der Waals surface area (Å²) in [4.78, 5) is 21.3. The normalized spacial score (nSPS) is 13.4. The molecule has 0 aliphatic rings. The van der Waals surface area contributed by atoms with Crippen LogP contribution in [0.2, 0.25) is 0 Å². The quantitative estimate of drug-likeness (QED) is 0.719. The maximum absolute atomic E-state index is 12.1. The van der Waals surface area contributed by atoms with E-state index >= 15 is 0 Å².